The number of amides is 2. The van der Waals surface area contributed by atoms with Gasteiger partial charge in [-0.3, -0.25) is 14.5 Å². The molecule has 4 atom stereocenters. The van der Waals surface area contributed by atoms with E-state index in [-0.39, 0.29) is 17.2 Å². The van der Waals surface area contributed by atoms with Gasteiger partial charge < -0.3 is 10.5 Å². The van der Waals surface area contributed by atoms with Crippen molar-refractivity contribution in [2.24, 2.45) is 11.3 Å². The number of likely N-dealkylation sites (N-methyl/N-ethyl adjacent to an activating group) is 1. The molecule has 1 fully saturated rings. The first-order valence-electron chi connectivity index (χ1n) is 8.49. The molecule has 25 heavy (non-hydrogen) atoms. The zero-order chi connectivity index (χ0) is 18.4. The molecule has 2 N–H and O–H groups in total. The van der Waals surface area contributed by atoms with Gasteiger partial charge in [0.1, 0.15) is 6.04 Å². The molecule has 6 nitrogen and oxygen atoms in total. The molecule has 1 aromatic rings. The van der Waals surface area contributed by atoms with Crippen LogP contribution in [-0.4, -0.2) is 52.1 Å². The van der Waals surface area contributed by atoms with Gasteiger partial charge in [0.15, 0.2) is 0 Å². The molecule has 0 spiro atoms. The minimum atomic E-state index is -0.713. The van der Waals surface area contributed by atoms with Crippen LogP contribution in [0.25, 0.3) is 0 Å². The second-order valence-corrected chi connectivity index (χ2v) is 7.78. The number of hydrazine groups is 1. The minimum absolute atomic E-state index is 0.213. The van der Waals surface area contributed by atoms with Crippen molar-refractivity contribution >= 4 is 17.5 Å². The molecular formula is C19H25N3O3. The van der Waals surface area contributed by atoms with Gasteiger partial charge in [-0.2, -0.15) is 0 Å². The van der Waals surface area contributed by atoms with Crippen molar-refractivity contribution in [3.63, 3.8) is 0 Å². The van der Waals surface area contributed by atoms with Crippen molar-refractivity contribution in [2.75, 3.05) is 12.5 Å². The fraction of sp³-hybridized carbons (Fsp3) is 0.474. The van der Waals surface area contributed by atoms with E-state index in [0.29, 0.717) is 0 Å². The van der Waals surface area contributed by atoms with Gasteiger partial charge in [0.25, 0.3) is 0 Å². The number of carbonyl (C=O) groups excluding carboxylic acids is 2. The first-order valence-corrected chi connectivity index (χ1v) is 8.49. The summed E-state index contributed by atoms with van der Waals surface area (Å²) in [5.74, 6) is -0.999. The largest absolute Gasteiger partial charge is 0.391 e. The van der Waals surface area contributed by atoms with Gasteiger partial charge in [-0.05, 0) is 17.5 Å². The predicted octanol–water partition coefficient (Wildman–Crippen LogP) is 1.64. The molecule has 2 aliphatic heterocycles. The Balaban J connectivity index is 2.00. The van der Waals surface area contributed by atoms with E-state index >= 15 is 0 Å². The molecule has 0 radical (unpaired) electrons. The van der Waals surface area contributed by atoms with E-state index in [1.54, 1.807) is 11.1 Å². The Bertz CT molecular complexity index is 696. The minimum Gasteiger partial charge on any atom is -0.391 e. The van der Waals surface area contributed by atoms with Crippen LogP contribution < -0.4 is 5.43 Å². The third-order valence-corrected chi connectivity index (χ3v) is 4.92. The van der Waals surface area contributed by atoms with E-state index < -0.39 is 24.1 Å². The molecule has 2 heterocycles. The number of fused-ring (bicyclic) bond motifs is 1. The number of hydrogen-bond donors (Lipinski definition) is 2. The summed E-state index contributed by atoms with van der Waals surface area (Å²) in [6.45, 7) is 5.85. The third kappa shape index (κ3) is 3.07. The number of anilines is 1. The fourth-order valence-corrected chi connectivity index (χ4v) is 3.39. The highest BCUT2D eigenvalue weighted by atomic mass is 16.3. The molecular weight excluding hydrogens is 318 g/mol. The number of benzene rings is 1. The monoisotopic (exact) mass is 343 g/mol. The Kier molecular flexibility index (Phi) is 4.43. The van der Waals surface area contributed by atoms with Crippen molar-refractivity contribution in [2.45, 2.75) is 39.0 Å². The Morgan fingerprint density at radius 2 is 1.72 bits per heavy atom. The first-order chi connectivity index (χ1) is 11.7. The molecule has 1 aromatic carbocycles. The molecule has 0 aromatic heterocycles. The summed E-state index contributed by atoms with van der Waals surface area (Å²) >= 11 is 0. The molecule has 3 rings (SSSR count). The lowest BCUT2D eigenvalue weighted by atomic mass is 9.81. The van der Waals surface area contributed by atoms with Crippen molar-refractivity contribution in [1.82, 2.24) is 9.91 Å². The second-order valence-electron chi connectivity index (χ2n) is 7.78. The van der Waals surface area contributed by atoms with Crippen LogP contribution >= 0.6 is 0 Å². The number of nitrogens with one attached hydrogen (secondary N) is 1. The van der Waals surface area contributed by atoms with Crippen molar-refractivity contribution < 1.29 is 14.7 Å². The van der Waals surface area contributed by atoms with E-state index in [4.69, 9.17) is 0 Å². The summed E-state index contributed by atoms with van der Waals surface area (Å²) < 4.78 is 0. The summed E-state index contributed by atoms with van der Waals surface area (Å²) in [7, 11) is 1.51. The fourth-order valence-electron chi connectivity index (χ4n) is 3.39. The van der Waals surface area contributed by atoms with Gasteiger partial charge in [0, 0.05) is 12.7 Å². The second kappa shape index (κ2) is 6.28. The van der Waals surface area contributed by atoms with Crippen LogP contribution in [0.5, 0.6) is 0 Å². The SMILES string of the molecule is CN1C(=O)C2C=CC(C(O)C(C)(C)C)N(Nc3ccccc3)C2C1=O. The van der Waals surface area contributed by atoms with Crippen LogP contribution in [0.3, 0.4) is 0 Å². The highest BCUT2D eigenvalue weighted by molar-refractivity contribution is 6.08. The van der Waals surface area contributed by atoms with Gasteiger partial charge >= 0.3 is 0 Å². The molecule has 0 bridgehead atoms. The van der Waals surface area contributed by atoms with E-state index in [2.05, 4.69) is 5.43 Å². The maximum absolute atomic E-state index is 12.7. The molecule has 2 aliphatic rings. The van der Waals surface area contributed by atoms with E-state index in [1.165, 1.54) is 11.9 Å². The Labute approximate surface area is 148 Å². The highest BCUT2D eigenvalue weighted by Crippen LogP contribution is 2.35. The maximum atomic E-state index is 12.7. The summed E-state index contributed by atoms with van der Waals surface area (Å²) in [5, 5.41) is 12.6. The lowest BCUT2D eigenvalue weighted by Crippen LogP contribution is -2.59. The molecule has 134 valence electrons. The summed E-state index contributed by atoms with van der Waals surface area (Å²) in [4.78, 5) is 26.2. The molecule has 0 saturated carbocycles. The van der Waals surface area contributed by atoms with Gasteiger partial charge in [0.05, 0.1) is 18.1 Å². The normalized spacial score (nSPS) is 28.2. The predicted molar refractivity (Wildman–Crippen MR) is 95.3 cm³/mol. The number of carbonyl (C=O) groups is 2. The number of aliphatic hydroxyl groups excluding tert-OH is 1. The quantitative estimate of drug-likeness (QED) is 0.645. The number of imide groups is 1. The molecule has 0 aliphatic carbocycles. The van der Waals surface area contributed by atoms with Gasteiger partial charge in [-0.1, -0.05) is 51.1 Å². The Morgan fingerprint density at radius 3 is 2.32 bits per heavy atom. The van der Waals surface area contributed by atoms with Crippen LogP contribution in [0.2, 0.25) is 0 Å². The van der Waals surface area contributed by atoms with Crippen LogP contribution in [0.4, 0.5) is 5.69 Å². The summed E-state index contributed by atoms with van der Waals surface area (Å²) in [6.07, 6.45) is 2.88. The summed E-state index contributed by atoms with van der Waals surface area (Å²) in [5.41, 5.74) is 3.67. The van der Waals surface area contributed by atoms with E-state index in [9.17, 15) is 14.7 Å². The van der Waals surface area contributed by atoms with Crippen LogP contribution in [-0.2, 0) is 9.59 Å². The standard InChI is InChI=1S/C19H25N3O3/c1-19(2,3)16(23)14-11-10-13-15(18(25)21(4)17(13)24)22(14)20-12-8-6-5-7-9-12/h5-11,13-16,20,23H,1-4H3. The number of likely N-dealkylation sites (tertiary alicyclic amines) is 1. The average molecular weight is 343 g/mol. The van der Waals surface area contributed by atoms with E-state index in [1.807, 2.05) is 57.2 Å². The van der Waals surface area contributed by atoms with Crippen LogP contribution in [0.1, 0.15) is 20.8 Å². The summed E-state index contributed by atoms with van der Waals surface area (Å²) in [6, 6.07) is 8.38. The highest BCUT2D eigenvalue weighted by Gasteiger charge is 2.53. The topological polar surface area (TPSA) is 72.9 Å². The number of aliphatic hydroxyl groups is 1. The molecule has 1 saturated heterocycles. The molecule has 2 amide bonds. The van der Waals surface area contributed by atoms with E-state index in [0.717, 1.165) is 5.69 Å². The zero-order valence-electron chi connectivity index (χ0n) is 15.0. The third-order valence-electron chi connectivity index (χ3n) is 4.92. The first kappa shape index (κ1) is 17.6. The van der Waals surface area contributed by atoms with Crippen molar-refractivity contribution in [1.29, 1.82) is 0 Å². The lowest BCUT2D eigenvalue weighted by Gasteiger charge is -2.44. The average Bonchev–Trinajstić information content (AvgIpc) is 2.79. The number of hydrogen-bond acceptors (Lipinski definition) is 5. The van der Waals surface area contributed by atoms with Gasteiger partial charge in [0.2, 0.25) is 11.8 Å². The van der Waals surface area contributed by atoms with Crippen molar-refractivity contribution in [3.05, 3.63) is 42.5 Å². The van der Waals surface area contributed by atoms with Gasteiger partial charge in [-0.15, -0.1) is 0 Å². The lowest BCUT2D eigenvalue weighted by molar-refractivity contribution is -0.138. The maximum Gasteiger partial charge on any atom is 0.249 e. The number of rotatable bonds is 3. The van der Waals surface area contributed by atoms with Crippen LogP contribution in [0.15, 0.2) is 42.5 Å². The number of nitrogens with zero attached hydrogens (tertiary/aromatic N) is 2. The Hall–Kier alpha value is -2.18. The molecule has 6 heteroatoms. The van der Waals surface area contributed by atoms with Gasteiger partial charge in [-0.25, -0.2) is 5.01 Å². The van der Waals surface area contributed by atoms with Crippen molar-refractivity contribution in [3.8, 4) is 0 Å². The smallest absolute Gasteiger partial charge is 0.249 e. The number of para-hydroxylation sites is 1. The molecule has 4 unspecified atom stereocenters. The van der Waals surface area contributed by atoms with Crippen LogP contribution in [0, 0.1) is 11.3 Å². The Morgan fingerprint density at radius 1 is 1.08 bits per heavy atom. The zero-order valence-corrected chi connectivity index (χ0v) is 15.0.